The summed E-state index contributed by atoms with van der Waals surface area (Å²) in [7, 11) is 0. The van der Waals surface area contributed by atoms with Crippen LogP contribution in [0.4, 0.5) is 0 Å². The molecule has 0 unspecified atom stereocenters. The fraction of sp³-hybridized carbons (Fsp3) is 0.280. The maximum atomic E-state index is 6.90. The van der Waals surface area contributed by atoms with Crippen LogP contribution in [0.2, 0.25) is 0 Å². The van der Waals surface area contributed by atoms with Crippen LogP contribution in [0, 0.1) is 53.7 Å². The monoisotopic (exact) mass is 1180 g/mol. The Kier molecular flexibility index (Phi) is 11.9. The Labute approximate surface area is 377 Å². The standard InChI is InChI=1S/C50H48N4OTe2.Pt/c1-27-15-13-16-28(2)39(27)45-31(5)41-47(56-45)43(53-25-51-41)33-19-35(49(7,8)9)23-37(21-33)55-38-22-34(20-36(24-38)50(10,11)12)44-48-42(52-26-54-44)32(6)46(57-48)40-29(3)17-14-18-30(40)4;/h13-20,23-26H,1-12H3;/q-2;+2. The van der Waals surface area contributed by atoms with Crippen molar-refractivity contribution in [2.24, 2.45) is 0 Å². The molecule has 0 radical (unpaired) electrons. The summed E-state index contributed by atoms with van der Waals surface area (Å²) >= 11 is -1.56. The molecule has 0 aliphatic heterocycles. The van der Waals surface area contributed by atoms with Crippen molar-refractivity contribution >= 4 is 58.7 Å². The van der Waals surface area contributed by atoms with E-state index in [2.05, 4.69) is 156 Å². The molecule has 8 rings (SSSR count). The van der Waals surface area contributed by atoms with Gasteiger partial charge in [0, 0.05) is 0 Å². The van der Waals surface area contributed by atoms with Gasteiger partial charge < -0.3 is 0 Å². The number of fused-ring (bicyclic) bond motifs is 2. The molecule has 8 heteroatoms. The van der Waals surface area contributed by atoms with Gasteiger partial charge in [-0.05, 0) is 0 Å². The molecular weight excluding hydrogens is 1120 g/mol. The molecule has 4 aromatic carbocycles. The zero-order valence-electron chi connectivity index (χ0n) is 35.3. The molecule has 0 fully saturated rings. The molecule has 0 bridgehead atoms. The first-order valence-electron chi connectivity index (χ1n) is 19.4. The van der Waals surface area contributed by atoms with Crippen LogP contribution in [-0.4, -0.2) is 60.8 Å². The number of hydrogen-bond acceptors (Lipinski definition) is 5. The van der Waals surface area contributed by atoms with E-state index in [1.165, 1.54) is 58.5 Å². The summed E-state index contributed by atoms with van der Waals surface area (Å²) in [6.45, 7) is 26.8. The second kappa shape index (κ2) is 16.2. The van der Waals surface area contributed by atoms with E-state index in [1.54, 1.807) is 12.7 Å². The average molecular weight is 1170 g/mol. The van der Waals surface area contributed by atoms with Gasteiger partial charge in [-0.25, -0.2) is 0 Å². The third kappa shape index (κ3) is 7.96. The first kappa shape index (κ1) is 42.7. The van der Waals surface area contributed by atoms with Crippen molar-refractivity contribution in [2.45, 2.75) is 93.9 Å². The first-order valence-corrected chi connectivity index (χ1v) is 24.1. The van der Waals surface area contributed by atoms with E-state index in [1.807, 2.05) is 0 Å². The van der Waals surface area contributed by atoms with Gasteiger partial charge in [0.05, 0.1) is 0 Å². The Hall–Kier alpha value is -3.41. The topological polar surface area (TPSA) is 60.8 Å². The molecule has 0 spiro atoms. The summed E-state index contributed by atoms with van der Waals surface area (Å²) in [6, 6.07) is 29.3. The molecule has 58 heavy (non-hydrogen) atoms. The number of nitrogens with zero attached hydrogens (tertiary/aromatic N) is 4. The number of benzene rings is 4. The van der Waals surface area contributed by atoms with E-state index in [4.69, 9.17) is 24.7 Å². The summed E-state index contributed by atoms with van der Waals surface area (Å²) in [6.07, 6.45) is 3.43. The minimum absolute atomic E-state index is 0. The normalized spacial score (nSPS) is 12.0. The molecule has 5 nitrogen and oxygen atoms in total. The van der Waals surface area contributed by atoms with E-state index < -0.39 is 40.9 Å². The maximum absolute atomic E-state index is 6.90. The van der Waals surface area contributed by atoms with Crippen LogP contribution in [0.15, 0.2) is 73.3 Å². The van der Waals surface area contributed by atoms with Crippen LogP contribution in [-0.2, 0) is 31.9 Å². The predicted molar refractivity (Wildman–Crippen MR) is 238 cm³/mol. The van der Waals surface area contributed by atoms with E-state index in [0.717, 1.165) is 44.7 Å². The Morgan fingerprint density at radius 3 is 1.22 bits per heavy atom. The van der Waals surface area contributed by atoms with Gasteiger partial charge in [-0.2, -0.15) is 0 Å². The van der Waals surface area contributed by atoms with Gasteiger partial charge in [-0.3, -0.25) is 0 Å². The summed E-state index contributed by atoms with van der Waals surface area (Å²) in [5, 5.41) is 0. The van der Waals surface area contributed by atoms with Crippen LogP contribution in [0.1, 0.15) is 86.1 Å². The SMILES string of the molecule is Cc1cccc(C)c1-c1[te]c2c(-c3[c-]c(Oc4[c-]c(-c5ncnc6c(C)c(-c7c(C)cccc7C)[te]c56)cc(C(C)(C)C)c4)cc(C(C)(C)C)c3)ncnc2c1C.[Pt+2]. The van der Waals surface area contributed by atoms with Crippen molar-refractivity contribution in [3.05, 3.63) is 130 Å². The quantitative estimate of drug-likeness (QED) is 0.123. The molecular formula is C50H48N4OPtTe2. The Morgan fingerprint density at radius 1 is 0.517 bits per heavy atom. The molecule has 0 saturated heterocycles. The maximum Gasteiger partial charge on any atom is 2.00 e. The molecule has 0 saturated carbocycles. The van der Waals surface area contributed by atoms with Gasteiger partial charge in [0.25, 0.3) is 0 Å². The average Bonchev–Trinajstić information content (AvgIpc) is 3.66. The summed E-state index contributed by atoms with van der Waals surface area (Å²) in [5.41, 5.74) is 18.5. The van der Waals surface area contributed by atoms with E-state index >= 15 is 0 Å². The Bertz CT molecular complexity index is 2640. The van der Waals surface area contributed by atoms with E-state index in [0.29, 0.717) is 11.5 Å². The third-order valence-corrected chi connectivity index (χ3v) is 18.4. The molecule has 0 aliphatic rings. The summed E-state index contributed by atoms with van der Waals surface area (Å²) in [4.78, 5) is 19.6. The van der Waals surface area contributed by atoms with Gasteiger partial charge in [-0.15, -0.1) is 0 Å². The molecule has 0 amide bonds. The minimum atomic E-state index is -0.781. The van der Waals surface area contributed by atoms with Gasteiger partial charge >= 0.3 is 381 Å². The predicted octanol–water partition coefficient (Wildman–Crippen LogP) is 12.2. The second-order valence-corrected chi connectivity index (χ2v) is 23.2. The van der Waals surface area contributed by atoms with Gasteiger partial charge in [0.2, 0.25) is 0 Å². The van der Waals surface area contributed by atoms with Crippen molar-refractivity contribution in [3.63, 3.8) is 0 Å². The largest absolute Gasteiger partial charge is 2.00 e. The molecule has 0 atom stereocenters. The van der Waals surface area contributed by atoms with Crippen molar-refractivity contribution in [2.75, 3.05) is 0 Å². The molecule has 296 valence electrons. The van der Waals surface area contributed by atoms with Crippen molar-refractivity contribution < 1.29 is 25.8 Å². The summed E-state index contributed by atoms with van der Waals surface area (Å²) < 4.78 is 12.3. The molecule has 8 aromatic rings. The van der Waals surface area contributed by atoms with Crippen molar-refractivity contribution in [3.8, 4) is 52.3 Å². The van der Waals surface area contributed by atoms with Crippen LogP contribution in [0.25, 0.3) is 58.6 Å². The van der Waals surface area contributed by atoms with Crippen LogP contribution >= 0.6 is 0 Å². The Morgan fingerprint density at radius 2 is 0.879 bits per heavy atom. The zero-order chi connectivity index (χ0) is 40.6. The van der Waals surface area contributed by atoms with Crippen LogP contribution in [0.5, 0.6) is 11.5 Å². The van der Waals surface area contributed by atoms with Crippen LogP contribution < -0.4 is 4.74 Å². The molecule has 4 aromatic heterocycles. The number of rotatable bonds is 6. The van der Waals surface area contributed by atoms with Crippen molar-refractivity contribution in [1.82, 2.24) is 19.9 Å². The number of aryl methyl sites for hydroxylation is 6. The van der Waals surface area contributed by atoms with E-state index in [-0.39, 0.29) is 31.9 Å². The fourth-order valence-corrected chi connectivity index (χ4v) is 15.9. The first-order chi connectivity index (χ1) is 27.0. The van der Waals surface area contributed by atoms with Gasteiger partial charge in [-0.1, -0.05) is 0 Å². The van der Waals surface area contributed by atoms with Crippen LogP contribution in [0.3, 0.4) is 0 Å². The number of ether oxygens (including phenoxy) is 1. The van der Waals surface area contributed by atoms with Gasteiger partial charge in [0.15, 0.2) is 0 Å². The number of hydrogen-bond donors (Lipinski definition) is 0. The number of aromatic nitrogens is 4. The van der Waals surface area contributed by atoms with E-state index in [9.17, 15) is 0 Å². The minimum Gasteiger partial charge on any atom is 2.00 e. The smallest absolute Gasteiger partial charge is 2.00 e. The fourth-order valence-electron chi connectivity index (χ4n) is 7.69. The zero-order valence-corrected chi connectivity index (χ0v) is 42.2. The molecule has 0 aliphatic carbocycles. The van der Waals surface area contributed by atoms with Crippen molar-refractivity contribution in [1.29, 1.82) is 0 Å². The second-order valence-electron chi connectivity index (χ2n) is 17.3. The molecule has 4 heterocycles. The summed E-state index contributed by atoms with van der Waals surface area (Å²) in [5.74, 6) is 1.29. The van der Waals surface area contributed by atoms with Gasteiger partial charge in [0.1, 0.15) is 0 Å². The molecule has 0 N–H and O–H groups in total. The Balaban J connectivity index is 0.00000512. The third-order valence-electron chi connectivity index (χ3n) is 11.0.